The highest BCUT2D eigenvalue weighted by atomic mass is 16.3. The third kappa shape index (κ3) is 10.8. The van der Waals surface area contributed by atoms with Crippen LogP contribution in [0.4, 0.5) is 0 Å². The number of amides is 2. The van der Waals surface area contributed by atoms with Crippen molar-refractivity contribution in [3.63, 3.8) is 0 Å². The molecule has 6 heteroatoms. The van der Waals surface area contributed by atoms with Gasteiger partial charge < -0.3 is 20.8 Å². The van der Waals surface area contributed by atoms with Gasteiger partial charge in [0.25, 0.3) is 0 Å². The lowest BCUT2D eigenvalue weighted by Crippen LogP contribution is -2.49. The van der Waals surface area contributed by atoms with Gasteiger partial charge >= 0.3 is 0 Å². The third-order valence-corrected chi connectivity index (χ3v) is 8.86. The summed E-state index contributed by atoms with van der Waals surface area (Å²) in [4.78, 5) is 27.2. The van der Waals surface area contributed by atoms with Crippen LogP contribution in [0.5, 0.6) is 0 Å². The maximum atomic E-state index is 13.6. The number of unbranched alkanes of at least 4 members (excludes halogenated alkanes) is 4. The molecule has 43 heavy (non-hydrogen) atoms. The molecular formula is C37H58N2O4. The van der Waals surface area contributed by atoms with Crippen LogP contribution in [0, 0.1) is 13.8 Å². The molecule has 0 spiro atoms. The number of hydrogen-bond acceptors (Lipinski definition) is 4. The molecule has 0 saturated carbocycles. The highest BCUT2D eigenvalue weighted by molar-refractivity contribution is 5.97. The van der Waals surface area contributed by atoms with Gasteiger partial charge in [0, 0.05) is 0 Å². The standard InChI is InChI=1S/C37H58N2O4/c1-7-11-23-36(42,24-12-8-2)34(30-21-17-15-19-28(30)5)38-32(40)27-33(41)39-35(31-22-18-16-20-29(31)6)37(43,25-13-9-3)26-14-10-4/h15-22,34-35,42-43H,7-14,23-27H2,1-6H3,(H,38,40)(H,39,41)/t34-,35-/m1/s1. The van der Waals surface area contributed by atoms with E-state index in [2.05, 4.69) is 38.3 Å². The van der Waals surface area contributed by atoms with E-state index in [4.69, 9.17) is 0 Å². The summed E-state index contributed by atoms with van der Waals surface area (Å²) in [5, 5.41) is 30.2. The summed E-state index contributed by atoms with van der Waals surface area (Å²) in [6.07, 6.45) is 8.95. The summed E-state index contributed by atoms with van der Waals surface area (Å²) in [5.41, 5.74) is 1.46. The summed E-state index contributed by atoms with van der Waals surface area (Å²) in [5.74, 6) is -0.877. The minimum Gasteiger partial charge on any atom is -0.387 e. The number of rotatable bonds is 20. The predicted octanol–water partition coefficient (Wildman–Crippen LogP) is 7.93. The molecule has 0 aliphatic rings. The number of benzene rings is 2. The molecule has 0 saturated heterocycles. The minimum atomic E-state index is -1.13. The van der Waals surface area contributed by atoms with Crippen LogP contribution in [0.25, 0.3) is 0 Å². The maximum Gasteiger partial charge on any atom is 0.230 e. The van der Waals surface area contributed by atoms with E-state index in [1.807, 2.05) is 62.4 Å². The van der Waals surface area contributed by atoms with Crippen molar-refractivity contribution in [2.45, 2.75) is 148 Å². The van der Waals surface area contributed by atoms with Gasteiger partial charge in [0.1, 0.15) is 6.42 Å². The first kappa shape index (κ1) is 36.5. The molecule has 0 fully saturated rings. The van der Waals surface area contributed by atoms with E-state index in [-0.39, 0.29) is 6.42 Å². The first-order valence-corrected chi connectivity index (χ1v) is 16.7. The summed E-state index contributed by atoms with van der Waals surface area (Å²) in [6, 6.07) is 14.4. The predicted molar refractivity (Wildman–Crippen MR) is 177 cm³/mol. The Balaban J connectivity index is 2.38. The Morgan fingerprint density at radius 2 is 0.907 bits per heavy atom. The van der Waals surface area contributed by atoms with Gasteiger partial charge in [-0.05, 0) is 61.8 Å². The molecule has 2 rings (SSSR count). The quantitative estimate of drug-likeness (QED) is 0.117. The molecular weight excluding hydrogens is 536 g/mol. The molecule has 2 aromatic carbocycles. The zero-order valence-corrected chi connectivity index (χ0v) is 27.7. The fraction of sp³-hybridized carbons (Fsp3) is 0.622. The van der Waals surface area contributed by atoms with Crippen molar-refractivity contribution in [3.05, 3.63) is 70.8 Å². The van der Waals surface area contributed by atoms with Gasteiger partial charge in [-0.2, -0.15) is 0 Å². The first-order chi connectivity index (χ1) is 20.5. The van der Waals surface area contributed by atoms with Gasteiger partial charge in [0.2, 0.25) is 11.8 Å². The van der Waals surface area contributed by atoms with Crippen LogP contribution < -0.4 is 10.6 Å². The van der Waals surface area contributed by atoms with Gasteiger partial charge in [-0.1, -0.05) is 128 Å². The van der Waals surface area contributed by atoms with Crippen LogP contribution in [-0.4, -0.2) is 33.2 Å². The Labute approximate surface area is 261 Å². The summed E-state index contributed by atoms with van der Waals surface area (Å²) in [7, 11) is 0. The summed E-state index contributed by atoms with van der Waals surface area (Å²) >= 11 is 0. The highest BCUT2D eigenvalue weighted by Gasteiger charge is 2.40. The minimum absolute atomic E-state index is 0.389. The van der Waals surface area contributed by atoms with E-state index in [0.29, 0.717) is 25.7 Å². The van der Waals surface area contributed by atoms with E-state index >= 15 is 0 Å². The lowest BCUT2D eigenvalue weighted by molar-refractivity contribution is -0.133. The molecule has 4 N–H and O–H groups in total. The van der Waals surface area contributed by atoms with Gasteiger partial charge in [0.05, 0.1) is 23.3 Å². The second-order valence-corrected chi connectivity index (χ2v) is 12.5. The number of carbonyl (C=O) groups excluding carboxylic acids is 2. The molecule has 6 nitrogen and oxygen atoms in total. The molecule has 0 aliphatic carbocycles. The molecule has 2 amide bonds. The van der Waals surface area contributed by atoms with Crippen LogP contribution in [0.15, 0.2) is 48.5 Å². The third-order valence-electron chi connectivity index (χ3n) is 8.86. The van der Waals surface area contributed by atoms with Crippen LogP contribution in [0.1, 0.15) is 146 Å². The molecule has 2 atom stereocenters. The van der Waals surface area contributed by atoms with Crippen molar-refractivity contribution in [2.75, 3.05) is 0 Å². The Hall–Kier alpha value is -2.70. The second kappa shape index (κ2) is 18.2. The van der Waals surface area contributed by atoms with Gasteiger partial charge in [0.15, 0.2) is 0 Å². The van der Waals surface area contributed by atoms with E-state index in [9.17, 15) is 19.8 Å². The lowest BCUT2D eigenvalue weighted by atomic mass is 9.79. The molecule has 240 valence electrons. The van der Waals surface area contributed by atoms with E-state index in [1.54, 1.807) is 0 Å². The van der Waals surface area contributed by atoms with Crippen molar-refractivity contribution < 1.29 is 19.8 Å². The van der Waals surface area contributed by atoms with Crippen molar-refractivity contribution in [1.29, 1.82) is 0 Å². The zero-order valence-electron chi connectivity index (χ0n) is 27.7. The largest absolute Gasteiger partial charge is 0.387 e. The van der Waals surface area contributed by atoms with E-state index in [0.717, 1.165) is 73.6 Å². The Morgan fingerprint density at radius 1 is 0.605 bits per heavy atom. The molecule has 0 aromatic heterocycles. The summed E-state index contributed by atoms with van der Waals surface area (Å²) in [6.45, 7) is 12.4. The number of aryl methyl sites for hydroxylation is 2. The van der Waals surface area contributed by atoms with E-state index in [1.165, 1.54) is 0 Å². The Bertz CT molecular complexity index is 1030. The normalized spacial score (nSPS) is 13.4. The average Bonchev–Trinajstić information content (AvgIpc) is 2.99. The SMILES string of the molecule is CCCCC(O)(CCCC)[C@H](NC(=O)CC(=O)N[C@H](c1ccccc1C)C(O)(CCCC)CCCC)c1ccccc1C. The highest BCUT2D eigenvalue weighted by Crippen LogP contribution is 2.38. The number of carbonyl (C=O) groups is 2. The number of nitrogens with one attached hydrogen (secondary N) is 2. The lowest BCUT2D eigenvalue weighted by Gasteiger charge is -2.39. The molecule has 0 heterocycles. The number of hydrogen-bond donors (Lipinski definition) is 4. The topological polar surface area (TPSA) is 98.7 Å². The molecule has 0 radical (unpaired) electrons. The van der Waals surface area contributed by atoms with Gasteiger partial charge in [-0.15, -0.1) is 0 Å². The molecule has 0 unspecified atom stereocenters. The van der Waals surface area contributed by atoms with Crippen LogP contribution >= 0.6 is 0 Å². The second-order valence-electron chi connectivity index (χ2n) is 12.5. The fourth-order valence-electron chi connectivity index (χ4n) is 6.15. The van der Waals surface area contributed by atoms with Crippen LogP contribution in [0.2, 0.25) is 0 Å². The Kier molecular flexibility index (Phi) is 15.4. The molecule has 2 aromatic rings. The summed E-state index contributed by atoms with van der Waals surface area (Å²) < 4.78 is 0. The van der Waals surface area contributed by atoms with Crippen molar-refractivity contribution >= 4 is 11.8 Å². The smallest absolute Gasteiger partial charge is 0.230 e. The Morgan fingerprint density at radius 3 is 1.19 bits per heavy atom. The van der Waals surface area contributed by atoms with Crippen molar-refractivity contribution in [2.24, 2.45) is 0 Å². The maximum absolute atomic E-state index is 13.6. The van der Waals surface area contributed by atoms with Crippen LogP contribution in [0.3, 0.4) is 0 Å². The molecule has 0 bridgehead atoms. The zero-order chi connectivity index (χ0) is 31.9. The molecule has 0 aliphatic heterocycles. The number of aliphatic hydroxyl groups is 2. The van der Waals surface area contributed by atoms with Crippen LogP contribution in [-0.2, 0) is 9.59 Å². The van der Waals surface area contributed by atoms with E-state index < -0.39 is 35.1 Å². The fourth-order valence-corrected chi connectivity index (χ4v) is 6.15. The average molecular weight is 595 g/mol. The van der Waals surface area contributed by atoms with Crippen molar-refractivity contribution in [1.82, 2.24) is 10.6 Å². The first-order valence-electron chi connectivity index (χ1n) is 16.7. The monoisotopic (exact) mass is 594 g/mol. The van der Waals surface area contributed by atoms with Crippen molar-refractivity contribution in [3.8, 4) is 0 Å². The van der Waals surface area contributed by atoms with Gasteiger partial charge in [-0.3, -0.25) is 9.59 Å². The van der Waals surface area contributed by atoms with Gasteiger partial charge in [-0.25, -0.2) is 0 Å².